The van der Waals surface area contributed by atoms with Crippen LogP contribution < -0.4 is 15.2 Å². The van der Waals surface area contributed by atoms with Crippen LogP contribution in [0.4, 0.5) is 0 Å². The molecule has 1 aromatic heterocycles. The molecule has 2 aromatic carbocycles. The molecule has 4 rings (SSSR count). The van der Waals surface area contributed by atoms with E-state index in [0.29, 0.717) is 35.9 Å². The quantitative estimate of drug-likeness (QED) is 0.312. The average Bonchev–Trinajstić information content (AvgIpc) is 3.18. The predicted octanol–water partition coefficient (Wildman–Crippen LogP) is 6.82. The zero-order chi connectivity index (χ0) is 24.8. The first-order valence-corrected chi connectivity index (χ1v) is 12.8. The van der Waals surface area contributed by atoms with Crippen LogP contribution in [0.5, 0.6) is 17.4 Å². The lowest BCUT2D eigenvalue weighted by molar-refractivity contribution is 0.224. The van der Waals surface area contributed by atoms with Crippen LogP contribution in [0, 0.1) is 5.41 Å². The molecule has 188 valence electrons. The summed E-state index contributed by atoms with van der Waals surface area (Å²) in [4.78, 5) is 13.5. The van der Waals surface area contributed by atoms with Gasteiger partial charge in [0.25, 0.3) is 0 Å². The second kappa shape index (κ2) is 11.1. The lowest BCUT2D eigenvalue weighted by atomic mass is 9.71. The van der Waals surface area contributed by atoms with Crippen LogP contribution in [-0.4, -0.2) is 23.3 Å². The Balaban J connectivity index is 1.29. The maximum absolute atomic E-state index is 11.3. The number of aryl methyl sites for hydroxylation is 1. The van der Waals surface area contributed by atoms with Gasteiger partial charge in [0, 0.05) is 12.0 Å². The molecule has 0 spiro atoms. The number of nitrogens with one attached hydrogen (secondary N) is 1. The first-order valence-electron chi connectivity index (χ1n) is 12.8. The van der Waals surface area contributed by atoms with E-state index in [2.05, 4.69) is 44.0 Å². The van der Waals surface area contributed by atoms with Gasteiger partial charge in [0.1, 0.15) is 11.5 Å². The largest absolute Gasteiger partial charge is 0.493 e. The Labute approximate surface area is 207 Å². The molecule has 35 heavy (non-hydrogen) atoms. The third kappa shape index (κ3) is 6.50. The number of ether oxygens (including phenoxy) is 2. The molecular weight excluding hydrogens is 442 g/mol. The molecule has 1 fully saturated rings. The van der Waals surface area contributed by atoms with Gasteiger partial charge in [-0.3, -0.25) is 4.98 Å². The van der Waals surface area contributed by atoms with Gasteiger partial charge in [0.05, 0.1) is 13.2 Å². The third-order valence-corrected chi connectivity index (χ3v) is 6.96. The zero-order valence-corrected chi connectivity index (χ0v) is 21.1. The van der Waals surface area contributed by atoms with Gasteiger partial charge in [0.2, 0.25) is 5.88 Å². The molecular formula is C29H37NO5. The molecule has 1 heterocycles. The second-order valence-electron chi connectivity index (χ2n) is 10.3. The first kappa shape index (κ1) is 25.0. The summed E-state index contributed by atoms with van der Waals surface area (Å²) in [5.41, 5.74) is 3.81. The van der Waals surface area contributed by atoms with E-state index < -0.39 is 5.76 Å². The molecule has 0 bridgehead atoms. The summed E-state index contributed by atoms with van der Waals surface area (Å²) in [6.45, 7) is 8.04. The smallest absolute Gasteiger partial charge is 0.419 e. The molecule has 1 aliphatic carbocycles. The van der Waals surface area contributed by atoms with Gasteiger partial charge in [-0.1, -0.05) is 51.5 Å². The molecule has 0 aliphatic heterocycles. The Bertz CT molecular complexity index is 1170. The number of hydrogen-bond acceptors (Lipinski definition) is 5. The Morgan fingerprint density at radius 2 is 1.86 bits per heavy atom. The lowest BCUT2D eigenvalue weighted by Crippen LogP contribution is -2.20. The van der Waals surface area contributed by atoms with Crippen molar-refractivity contribution >= 4 is 0 Å². The van der Waals surface area contributed by atoms with Gasteiger partial charge in [-0.2, -0.15) is 0 Å². The van der Waals surface area contributed by atoms with Crippen LogP contribution in [-0.2, 0) is 6.42 Å². The van der Waals surface area contributed by atoms with E-state index in [9.17, 15) is 9.90 Å². The van der Waals surface area contributed by atoms with Crippen molar-refractivity contribution in [3.8, 4) is 28.7 Å². The number of H-pyrrole nitrogens is 1. The molecule has 0 saturated heterocycles. The molecule has 1 saturated carbocycles. The van der Waals surface area contributed by atoms with Crippen LogP contribution in [0.1, 0.15) is 76.3 Å². The predicted molar refractivity (Wildman–Crippen MR) is 137 cm³/mol. The maximum Gasteiger partial charge on any atom is 0.419 e. The second-order valence-corrected chi connectivity index (χ2v) is 10.3. The van der Waals surface area contributed by atoms with Crippen LogP contribution in [0.15, 0.2) is 51.7 Å². The summed E-state index contributed by atoms with van der Waals surface area (Å²) in [6.07, 6.45) is 7.98. The van der Waals surface area contributed by atoms with Crippen LogP contribution in [0.3, 0.4) is 0 Å². The van der Waals surface area contributed by atoms with Crippen molar-refractivity contribution in [3.63, 3.8) is 0 Å². The number of aromatic amines is 1. The standard InChI is InChI=1S/C29H37NO5/c1-4-7-22-18-21(20-12-14-29(2,3)15-13-20)10-11-25(22)34-17-6-16-33-24-9-5-8-23(19-24)26-27(31)30-28(32)35-26/h5,8-11,18-20,31H,4,6-7,12-17H2,1-3H3,(H,30,32). The average molecular weight is 480 g/mol. The van der Waals surface area contributed by atoms with Crippen molar-refractivity contribution in [1.82, 2.24) is 4.98 Å². The normalized spacial score (nSPS) is 15.7. The Hall–Kier alpha value is -3.15. The molecule has 1 aliphatic rings. The summed E-state index contributed by atoms with van der Waals surface area (Å²) in [7, 11) is 0. The van der Waals surface area contributed by atoms with Crippen LogP contribution in [0.2, 0.25) is 0 Å². The fraction of sp³-hybridized carbons (Fsp3) is 0.483. The summed E-state index contributed by atoms with van der Waals surface area (Å²) in [6, 6.07) is 13.9. The van der Waals surface area contributed by atoms with E-state index in [1.807, 2.05) is 6.07 Å². The van der Waals surface area contributed by atoms with E-state index >= 15 is 0 Å². The summed E-state index contributed by atoms with van der Waals surface area (Å²) in [5, 5.41) is 9.80. The molecule has 2 N–H and O–H groups in total. The Morgan fingerprint density at radius 3 is 2.57 bits per heavy atom. The summed E-state index contributed by atoms with van der Waals surface area (Å²) < 4.78 is 17.0. The van der Waals surface area contributed by atoms with E-state index in [-0.39, 0.29) is 11.6 Å². The number of aromatic nitrogens is 1. The van der Waals surface area contributed by atoms with Gasteiger partial charge in [0.15, 0.2) is 5.76 Å². The van der Waals surface area contributed by atoms with Gasteiger partial charge in [-0.15, -0.1) is 0 Å². The van der Waals surface area contributed by atoms with Crippen LogP contribution >= 0.6 is 0 Å². The topological polar surface area (TPSA) is 84.7 Å². The number of aromatic hydroxyl groups is 1. The van der Waals surface area contributed by atoms with Gasteiger partial charge >= 0.3 is 5.76 Å². The van der Waals surface area contributed by atoms with E-state index in [1.165, 1.54) is 36.8 Å². The maximum atomic E-state index is 11.3. The number of oxazole rings is 1. The van der Waals surface area contributed by atoms with Gasteiger partial charge in [-0.05, 0) is 72.8 Å². The van der Waals surface area contributed by atoms with Crippen LogP contribution in [0.25, 0.3) is 11.3 Å². The van der Waals surface area contributed by atoms with E-state index in [0.717, 1.165) is 25.0 Å². The molecule has 6 nitrogen and oxygen atoms in total. The Kier molecular flexibility index (Phi) is 7.89. The van der Waals surface area contributed by atoms with Crippen molar-refractivity contribution in [2.75, 3.05) is 13.2 Å². The van der Waals surface area contributed by atoms with E-state index in [4.69, 9.17) is 13.9 Å². The van der Waals surface area contributed by atoms with Crippen molar-refractivity contribution in [1.29, 1.82) is 0 Å². The minimum absolute atomic E-state index is 0.104. The Morgan fingerprint density at radius 1 is 1.09 bits per heavy atom. The molecule has 0 atom stereocenters. The molecule has 0 unspecified atom stereocenters. The fourth-order valence-corrected chi connectivity index (χ4v) is 4.87. The highest BCUT2D eigenvalue weighted by atomic mass is 16.5. The van der Waals surface area contributed by atoms with Crippen molar-refractivity contribution in [2.45, 2.75) is 71.6 Å². The highest BCUT2D eigenvalue weighted by Gasteiger charge is 2.27. The highest BCUT2D eigenvalue weighted by Crippen LogP contribution is 2.43. The van der Waals surface area contributed by atoms with Crippen molar-refractivity contribution in [2.24, 2.45) is 5.41 Å². The number of rotatable bonds is 10. The molecule has 6 heteroatoms. The SMILES string of the molecule is CCCc1cc(C2CCC(C)(C)CC2)ccc1OCCCOc1cccc(-c2oc(=O)[nH]c2O)c1. The van der Waals surface area contributed by atoms with E-state index in [1.54, 1.807) is 18.2 Å². The lowest BCUT2D eigenvalue weighted by Gasteiger charge is -2.34. The summed E-state index contributed by atoms with van der Waals surface area (Å²) >= 11 is 0. The molecule has 3 aromatic rings. The minimum atomic E-state index is -0.695. The highest BCUT2D eigenvalue weighted by molar-refractivity contribution is 5.63. The fourth-order valence-electron chi connectivity index (χ4n) is 4.87. The van der Waals surface area contributed by atoms with Crippen molar-refractivity contribution in [3.05, 3.63) is 64.1 Å². The van der Waals surface area contributed by atoms with Gasteiger partial charge in [-0.25, -0.2) is 4.79 Å². The van der Waals surface area contributed by atoms with Crippen molar-refractivity contribution < 1.29 is 19.0 Å². The number of hydrogen-bond donors (Lipinski definition) is 2. The third-order valence-electron chi connectivity index (χ3n) is 6.96. The summed E-state index contributed by atoms with van der Waals surface area (Å²) in [5.74, 6) is 1.40. The monoisotopic (exact) mass is 479 g/mol. The van der Waals surface area contributed by atoms with Gasteiger partial charge < -0.3 is 19.0 Å². The first-order chi connectivity index (χ1) is 16.8. The number of benzene rings is 2. The zero-order valence-electron chi connectivity index (χ0n) is 21.1. The molecule has 0 amide bonds. The molecule has 0 radical (unpaired) electrons. The minimum Gasteiger partial charge on any atom is -0.493 e.